The number of aryl methyl sites for hydroxylation is 2. The van der Waals surface area contributed by atoms with E-state index in [1.54, 1.807) is 48.3 Å². The average molecular weight is 484 g/mol. The highest BCUT2D eigenvalue weighted by atomic mass is 32.2. The van der Waals surface area contributed by atoms with E-state index in [1.807, 2.05) is 7.05 Å². The number of hydrogen-bond acceptors (Lipinski definition) is 7. The van der Waals surface area contributed by atoms with Crippen molar-refractivity contribution >= 4 is 44.1 Å². The van der Waals surface area contributed by atoms with Crippen molar-refractivity contribution in [3.05, 3.63) is 42.6 Å². The van der Waals surface area contributed by atoms with Gasteiger partial charge in [-0.05, 0) is 25.5 Å². The fourth-order valence-electron chi connectivity index (χ4n) is 3.72. The number of alkyl halides is 1. The summed E-state index contributed by atoms with van der Waals surface area (Å²) in [7, 11) is -1.78. The summed E-state index contributed by atoms with van der Waals surface area (Å²) in [4.78, 5) is 28.4. The Morgan fingerprint density at radius 1 is 1.24 bits per heavy atom. The smallest absolute Gasteiger partial charge is 0.231 e. The number of pyridine rings is 1. The van der Waals surface area contributed by atoms with E-state index < -0.39 is 27.8 Å². The molecule has 10 nitrogen and oxygen atoms in total. The Morgan fingerprint density at radius 2 is 2.00 bits per heavy atom. The Kier molecular flexibility index (Phi) is 5.12. The zero-order valence-corrected chi connectivity index (χ0v) is 19.4. The van der Waals surface area contributed by atoms with Crippen LogP contribution in [0.25, 0.3) is 22.4 Å². The van der Waals surface area contributed by atoms with Crippen LogP contribution in [-0.4, -0.2) is 51.3 Å². The first-order valence-corrected chi connectivity index (χ1v) is 12.4. The minimum atomic E-state index is -3.62. The first-order valence-electron chi connectivity index (χ1n) is 10.5. The molecule has 0 aliphatic heterocycles. The SMILES string of the molecule is Cc1nc2c(Nc3ccc(-c4cn(C)cn4)cc3S(C)(=O)=O)cc(NC(=O)[C@H]3C[C@H]3F)nc2[nH]1. The number of hydrogen-bond donors (Lipinski definition) is 3. The van der Waals surface area contributed by atoms with Gasteiger partial charge in [-0.15, -0.1) is 0 Å². The van der Waals surface area contributed by atoms with Gasteiger partial charge >= 0.3 is 0 Å². The monoisotopic (exact) mass is 483 g/mol. The third-order valence-electron chi connectivity index (χ3n) is 5.52. The van der Waals surface area contributed by atoms with Crippen LogP contribution >= 0.6 is 0 Å². The van der Waals surface area contributed by atoms with E-state index >= 15 is 0 Å². The molecule has 1 aliphatic carbocycles. The third kappa shape index (κ3) is 4.23. The van der Waals surface area contributed by atoms with E-state index in [1.165, 1.54) is 0 Å². The molecule has 0 saturated heterocycles. The molecule has 34 heavy (non-hydrogen) atoms. The quantitative estimate of drug-likeness (QED) is 0.383. The van der Waals surface area contributed by atoms with Crippen molar-refractivity contribution in [3.63, 3.8) is 0 Å². The lowest BCUT2D eigenvalue weighted by atomic mass is 10.1. The summed E-state index contributed by atoms with van der Waals surface area (Å²) in [5.74, 6) is -0.325. The van der Waals surface area contributed by atoms with Gasteiger partial charge in [-0.2, -0.15) is 0 Å². The number of nitrogens with one attached hydrogen (secondary N) is 3. The highest BCUT2D eigenvalue weighted by molar-refractivity contribution is 7.90. The van der Waals surface area contributed by atoms with Crippen molar-refractivity contribution in [2.24, 2.45) is 13.0 Å². The Bertz CT molecular complexity index is 1540. The van der Waals surface area contributed by atoms with E-state index in [0.29, 0.717) is 39.6 Å². The van der Waals surface area contributed by atoms with Crippen LogP contribution in [0.1, 0.15) is 12.2 Å². The number of aromatic amines is 1. The molecule has 1 aliphatic rings. The number of H-pyrrole nitrogens is 1. The van der Waals surface area contributed by atoms with Crippen LogP contribution in [0.15, 0.2) is 41.7 Å². The maximum Gasteiger partial charge on any atom is 0.231 e. The zero-order valence-electron chi connectivity index (χ0n) is 18.6. The highest BCUT2D eigenvalue weighted by Gasteiger charge is 2.43. The van der Waals surface area contributed by atoms with Crippen molar-refractivity contribution in [1.82, 2.24) is 24.5 Å². The second kappa shape index (κ2) is 7.90. The van der Waals surface area contributed by atoms with Gasteiger partial charge in [0.1, 0.15) is 23.3 Å². The van der Waals surface area contributed by atoms with Crippen LogP contribution in [0, 0.1) is 12.8 Å². The lowest BCUT2D eigenvalue weighted by molar-refractivity contribution is -0.117. The van der Waals surface area contributed by atoms with Gasteiger partial charge in [-0.1, -0.05) is 6.07 Å². The third-order valence-corrected chi connectivity index (χ3v) is 6.66. The van der Waals surface area contributed by atoms with Crippen LogP contribution in [0.5, 0.6) is 0 Å². The van der Waals surface area contributed by atoms with Gasteiger partial charge in [0.25, 0.3) is 0 Å². The largest absolute Gasteiger partial charge is 0.352 e. The molecule has 0 bridgehead atoms. The van der Waals surface area contributed by atoms with Crippen LogP contribution in [0.3, 0.4) is 0 Å². The van der Waals surface area contributed by atoms with Crippen molar-refractivity contribution in [2.45, 2.75) is 24.4 Å². The number of amides is 1. The Labute approximate surface area is 194 Å². The number of anilines is 3. The molecule has 2 atom stereocenters. The Balaban J connectivity index is 1.56. The summed E-state index contributed by atoms with van der Waals surface area (Å²) >= 11 is 0. The lowest BCUT2D eigenvalue weighted by Crippen LogP contribution is -2.16. The van der Waals surface area contributed by atoms with Gasteiger partial charge in [0, 0.05) is 31.1 Å². The highest BCUT2D eigenvalue weighted by Crippen LogP contribution is 2.36. The number of aromatic nitrogens is 5. The van der Waals surface area contributed by atoms with Crippen LogP contribution in [0.2, 0.25) is 0 Å². The van der Waals surface area contributed by atoms with E-state index in [-0.39, 0.29) is 17.1 Å². The van der Waals surface area contributed by atoms with Crippen molar-refractivity contribution in [2.75, 3.05) is 16.9 Å². The van der Waals surface area contributed by atoms with Crippen LogP contribution in [0.4, 0.5) is 21.6 Å². The molecule has 176 valence electrons. The molecule has 1 amide bonds. The Morgan fingerprint density at radius 3 is 2.65 bits per heavy atom. The van der Waals surface area contributed by atoms with E-state index in [9.17, 15) is 17.6 Å². The minimum Gasteiger partial charge on any atom is -0.352 e. The number of benzene rings is 1. The number of carbonyl (C=O) groups excluding carboxylic acids is 1. The van der Waals surface area contributed by atoms with Crippen molar-refractivity contribution < 1.29 is 17.6 Å². The summed E-state index contributed by atoms with van der Waals surface area (Å²) in [6.07, 6.45) is 3.63. The number of imidazole rings is 2. The summed E-state index contributed by atoms with van der Waals surface area (Å²) in [6.45, 7) is 1.76. The number of halogens is 1. The standard InChI is InChI=1S/C22H22FN7O3S/c1-11-25-20-16(8-19(28-21(20)26-11)29-22(31)13-7-14(13)23)27-15-5-4-12(6-18(15)34(3,32)33)17-9-30(2)10-24-17/h4-6,8-10,13-14H,7H2,1-3H3,(H3,25,26,27,28,29,31)/t13-,14+/m0/s1. The lowest BCUT2D eigenvalue weighted by Gasteiger charge is -2.14. The summed E-state index contributed by atoms with van der Waals surface area (Å²) in [5.41, 5.74) is 2.94. The number of fused-ring (bicyclic) bond motifs is 1. The van der Waals surface area contributed by atoms with Crippen molar-refractivity contribution in [3.8, 4) is 11.3 Å². The van der Waals surface area contributed by atoms with E-state index in [0.717, 1.165) is 6.26 Å². The summed E-state index contributed by atoms with van der Waals surface area (Å²) < 4.78 is 40.3. The first-order chi connectivity index (χ1) is 16.1. The molecule has 1 saturated carbocycles. The van der Waals surface area contributed by atoms with E-state index in [2.05, 4.69) is 30.6 Å². The molecule has 4 aromatic rings. The second-order valence-electron chi connectivity index (χ2n) is 8.45. The second-order valence-corrected chi connectivity index (χ2v) is 10.4. The molecule has 5 rings (SSSR count). The predicted octanol–water partition coefficient (Wildman–Crippen LogP) is 3.11. The molecule has 3 N–H and O–H groups in total. The molecule has 1 fully saturated rings. The minimum absolute atomic E-state index is 0.0803. The Hall–Kier alpha value is -3.80. The topological polar surface area (TPSA) is 135 Å². The fourth-order valence-corrected chi connectivity index (χ4v) is 4.58. The number of sulfone groups is 1. The average Bonchev–Trinajstić information content (AvgIpc) is 3.14. The van der Waals surface area contributed by atoms with Crippen LogP contribution in [-0.2, 0) is 21.7 Å². The molecule has 0 radical (unpaired) electrons. The first kappa shape index (κ1) is 22.0. The predicted molar refractivity (Wildman–Crippen MR) is 125 cm³/mol. The van der Waals surface area contributed by atoms with E-state index in [4.69, 9.17) is 0 Å². The molecular formula is C22H22FN7O3S. The van der Waals surface area contributed by atoms with Crippen LogP contribution < -0.4 is 10.6 Å². The summed E-state index contributed by atoms with van der Waals surface area (Å²) in [6, 6.07) is 6.53. The fraction of sp³-hybridized carbons (Fsp3) is 0.273. The van der Waals surface area contributed by atoms with Gasteiger partial charge in [-0.3, -0.25) is 4.79 Å². The molecular weight excluding hydrogens is 461 g/mol. The molecule has 1 aromatic carbocycles. The van der Waals surface area contributed by atoms with Crippen molar-refractivity contribution in [1.29, 1.82) is 0 Å². The summed E-state index contributed by atoms with van der Waals surface area (Å²) in [5, 5.41) is 5.77. The molecule has 3 heterocycles. The van der Waals surface area contributed by atoms with Gasteiger partial charge in [0.15, 0.2) is 15.5 Å². The number of nitrogens with zero attached hydrogens (tertiary/aromatic N) is 4. The molecule has 12 heteroatoms. The van der Waals surface area contributed by atoms with Gasteiger partial charge < -0.3 is 20.2 Å². The number of carbonyl (C=O) groups is 1. The van der Waals surface area contributed by atoms with Gasteiger partial charge in [-0.25, -0.2) is 27.8 Å². The molecule has 3 aromatic heterocycles. The maximum absolute atomic E-state index is 13.3. The molecule has 0 unspecified atom stereocenters. The number of rotatable bonds is 6. The molecule has 0 spiro atoms. The zero-order chi connectivity index (χ0) is 24.2. The normalized spacial score (nSPS) is 17.6. The van der Waals surface area contributed by atoms with Gasteiger partial charge in [0.05, 0.1) is 34.2 Å². The van der Waals surface area contributed by atoms with Gasteiger partial charge in [0.2, 0.25) is 5.91 Å². The maximum atomic E-state index is 13.3.